The molecule has 124 valence electrons. The third-order valence-corrected chi connectivity index (χ3v) is 3.73. The Balaban J connectivity index is 1.99. The van der Waals surface area contributed by atoms with Crippen molar-refractivity contribution in [2.75, 3.05) is 11.5 Å². The van der Waals surface area contributed by atoms with Crippen molar-refractivity contribution in [1.82, 2.24) is 5.43 Å². The van der Waals surface area contributed by atoms with E-state index in [0.717, 1.165) is 0 Å². The lowest BCUT2D eigenvalue weighted by Crippen LogP contribution is -2.36. The van der Waals surface area contributed by atoms with E-state index in [1.54, 1.807) is 6.92 Å². The predicted octanol–water partition coefficient (Wildman–Crippen LogP) is -0.0249. The molecule has 24 heavy (non-hydrogen) atoms. The monoisotopic (exact) mass is 332 g/mol. The molecule has 0 saturated carbocycles. The van der Waals surface area contributed by atoms with E-state index in [1.165, 1.54) is 24.3 Å². The fraction of sp³-hybridized carbons (Fsp3) is 0.286. The summed E-state index contributed by atoms with van der Waals surface area (Å²) in [6, 6.07) is 4.33. The Hall–Kier alpha value is -3.30. The first-order chi connectivity index (χ1) is 11.5. The van der Waals surface area contributed by atoms with Crippen LogP contribution in [-0.4, -0.2) is 41.1 Å². The summed E-state index contributed by atoms with van der Waals surface area (Å²) in [5, 5.41) is 14.9. The van der Waals surface area contributed by atoms with Crippen LogP contribution in [0.15, 0.2) is 29.4 Å². The molecule has 2 aliphatic rings. The topological polar surface area (TPSA) is 131 Å². The number of benzene rings is 1. The number of ether oxygens (including phenoxy) is 1. The van der Waals surface area contributed by atoms with Gasteiger partial charge in [-0.3, -0.25) is 25.1 Å². The first-order valence-corrected chi connectivity index (χ1v) is 7.08. The minimum Gasteiger partial charge on any atom is -0.461 e. The maximum atomic E-state index is 12.6. The number of fused-ring (bicyclic) bond motifs is 1. The quantitative estimate of drug-likeness (QED) is 0.354. The van der Waals surface area contributed by atoms with Crippen LogP contribution in [0.1, 0.15) is 6.92 Å². The molecule has 10 nitrogen and oxygen atoms in total. The Bertz CT molecular complexity index is 789. The van der Waals surface area contributed by atoms with Gasteiger partial charge >= 0.3 is 5.97 Å². The largest absolute Gasteiger partial charge is 0.461 e. The van der Waals surface area contributed by atoms with Gasteiger partial charge in [0.15, 0.2) is 5.71 Å². The Morgan fingerprint density at radius 2 is 2.08 bits per heavy atom. The molecule has 0 aromatic heterocycles. The molecule has 0 radical (unpaired) electrons. The number of rotatable bonds is 4. The number of hydrogen-bond acceptors (Lipinski definition) is 8. The third kappa shape index (κ3) is 2.19. The van der Waals surface area contributed by atoms with Crippen LogP contribution in [-0.2, 0) is 19.1 Å². The van der Waals surface area contributed by atoms with Crippen molar-refractivity contribution < 1.29 is 24.0 Å². The van der Waals surface area contributed by atoms with Crippen molar-refractivity contribution in [3.8, 4) is 0 Å². The van der Waals surface area contributed by atoms with Crippen molar-refractivity contribution in [3.63, 3.8) is 0 Å². The highest BCUT2D eigenvalue weighted by atomic mass is 16.6. The molecule has 10 heteroatoms. The number of esters is 1. The number of nitrogens with one attached hydrogen (secondary N) is 1. The van der Waals surface area contributed by atoms with E-state index in [-0.39, 0.29) is 23.7 Å². The molecule has 2 atom stereocenters. The first kappa shape index (κ1) is 15.6. The highest BCUT2D eigenvalue weighted by molar-refractivity contribution is 6.46. The number of carbonyl (C=O) groups is 3. The van der Waals surface area contributed by atoms with Gasteiger partial charge in [-0.2, -0.15) is 5.10 Å². The number of carbonyl (C=O) groups excluding carboxylic acids is 3. The fourth-order valence-corrected chi connectivity index (χ4v) is 2.71. The second kappa shape index (κ2) is 5.72. The number of amides is 2. The number of nitrogens with zero attached hydrogens (tertiary/aromatic N) is 3. The lowest BCUT2D eigenvalue weighted by Gasteiger charge is -2.15. The number of hydrogen-bond donors (Lipinski definition) is 1. The molecule has 1 N–H and O–H groups in total. The summed E-state index contributed by atoms with van der Waals surface area (Å²) in [7, 11) is 0. The molecule has 1 aromatic carbocycles. The number of para-hydroxylation sites is 2. The Kier molecular flexibility index (Phi) is 3.72. The molecule has 0 aliphatic carbocycles. The predicted molar refractivity (Wildman–Crippen MR) is 80.1 cm³/mol. The zero-order valence-electron chi connectivity index (χ0n) is 12.5. The summed E-state index contributed by atoms with van der Waals surface area (Å²) >= 11 is 0. The van der Waals surface area contributed by atoms with E-state index in [1.807, 2.05) is 0 Å². The molecule has 2 aliphatic heterocycles. The van der Waals surface area contributed by atoms with Crippen molar-refractivity contribution in [2.24, 2.45) is 11.0 Å². The van der Waals surface area contributed by atoms with Crippen LogP contribution in [0, 0.1) is 16.0 Å². The summed E-state index contributed by atoms with van der Waals surface area (Å²) in [5.74, 6) is -3.42. The molecule has 0 unspecified atom stereocenters. The molecular weight excluding hydrogens is 320 g/mol. The van der Waals surface area contributed by atoms with Gasteiger partial charge in [-0.05, 0) is 13.0 Å². The van der Waals surface area contributed by atoms with Crippen LogP contribution in [0.3, 0.4) is 0 Å². The average Bonchev–Trinajstić information content (AvgIpc) is 3.09. The maximum absolute atomic E-state index is 12.6. The molecule has 1 saturated heterocycles. The minimum absolute atomic E-state index is 0.0885. The van der Waals surface area contributed by atoms with Gasteiger partial charge in [0.1, 0.15) is 17.6 Å². The summed E-state index contributed by atoms with van der Waals surface area (Å²) in [4.78, 5) is 48.2. The van der Waals surface area contributed by atoms with Gasteiger partial charge < -0.3 is 4.74 Å². The van der Waals surface area contributed by atoms with Gasteiger partial charge in [-0.15, -0.1) is 0 Å². The van der Waals surface area contributed by atoms with Crippen LogP contribution in [0.25, 0.3) is 0 Å². The number of anilines is 1. The third-order valence-electron chi connectivity index (χ3n) is 3.73. The number of nitro groups is 1. The second-order valence-corrected chi connectivity index (χ2v) is 5.06. The van der Waals surface area contributed by atoms with E-state index in [9.17, 15) is 24.5 Å². The molecule has 0 bridgehead atoms. The zero-order chi connectivity index (χ0) is 17.4. The van der Waals surface area contributed by atoms with Gasteiger partial charge in [0.2, 0.25) is 5.91 Å². The molecule has 2 heterocycles. The molecule has 0 spiro atoms. The van der Waals surface area contributed by atoms with Crippen LogP contribution >= 0.6 is 0 Å². The highest BCUT2D eigenvalue weighted by Crippen LogP contribution is 2.35. The normalized spacial score (nSPS) is 22.0. The molecule has 2 amide bonds. The van der Waals surface area contributed by atoms with Crippen molar-refractivity contribution in [2.45, 2.75) is 13.0 Å². The van der Waals surface area contributed by atoms with Crippen LogP contribution < -0.4 is 10.3 Å². The van der Waals surface area contributed by atoms with Crippen molar-refractivity contribution in [1.29, 1.82) is 0 Å². The van der Waals surface area contributed by atoms with Crippen LogP contribution in [0.5, 0.6) is 0 Å². The summed E-state index contributed by atoms with van der Waals surface area (Å²) < 4.78 is 4.82. The van der Waals surface area contributed by atoms with Gasteiger partial charge in [0.05, 0.1) is 11.5 Å². The van der Waals surface area contributed by atoms with E-state index < -0.39 is 34.7 Å². The van der Waals surface area contributed by atoms with Crippen LogP contribution in [0.2, 0.25) is 0 Å². The Labute approximate surface area is 135 Å². The van der Waals surface area contributed by atoms with Crippen LogP contribution in [0.4, 0.5) is 11.4 Å². The number of imide groups is 1. The first-order valence-electron chi connectivity index (χ1n) is 7.08. The van der Waals surface area contributed by atoms with E-state index in [0.29, 0.717) is 4.90 Å². The lowest BCUT2D eigenvalue weighted by atomic mass is 9.99. The Morgan fingerprint density at radius 1 is 1.38 bits per heavy atom. The highest BCUT2D eigenvalue weighted by Gasteiger charge is 2.56. The molecule has 1 aromatic rings. The average molecular weight is 332 g/mol. The molecular formula is C14H12N4O6. The fourth-order valence-electron chi connectivity index (χ4n) is 2.71. The van der Waals surface area contributed by atoms with Gasteiger partial charge in [-0.25, -0.2) is 9.69 Å². The Morgan fingerprint density at radius 3 is 2.75 bits per heavy atom. The molecule has 1 fully saturated rings. The number of nitro benzene ring substituents is 1. The van der Waals surface area contributed by atoms with Crippen molar-refractivity contribution >= 4 is 34.9 Å². The number of hydrazone groups is 1. The van der Waals surface area contributed by atoms with Gasteiger partial charge in [-0.1, -0.05) is 12.1 Å². The molecule has 3 rings (SSSR count). The summed E-state index contributed by atoms with van der Waals surface area (Å²) in [6.45, 7) is 1.69. The second-order valence-electron chi connectivity index (χ2n) is 5.06. The van der Waals surface area contributed by atoms with E-state index in [2.05, 4.69) is 10.5 Å². The van der Waals surface area contributed by atoms with E-state index >= 15 is 0 Å². The standard InChI is InChI=1S/C14H12N4O6/c1-2-24-14(21)11-9-10(15-16-11)13(20)17(12(9)19)7-5-3-4-6-8(7)18(22)23/h3-6,9-10,15H,2H2,1H3/t9-,10-/m1/s1. The maximum Gasteiger partial charge on any atom is 0.355 e. The lowest BCUT2D eigenvalue weighted by molar-refractivity contribution is -0.384. The van der Waals surface area contributed by atoms with Gasteiger partial charge in [0.25, 0.3) is 11.6 Å². The zero-order valence-corrected chi connectivity index (χ0v) is 12.5. The minimum atomic E-state index is -1.16. The summed E-state index contributed by atoms with van der Waals surface area (Å²) in [5.41, 5.74) is 1.71. The SMILES string of the molecule is CCOC(=O)C1=NN[C@H]2C(=O)N(c3ccccc3[N+](=O)[O-])C(=O)[C@@H]12. The van der Waals surface area contributed by atoms with Gasteiger partial charge in [0, 0.05) is 6.07 Å². The van der Waals surface area contributed by atoms with E-state index in [4.69, 9.17) is 4.74 Å². The van der Waals surface area contributed by atoms with Crippen molar-refractivity contribution in [3.05, 3.63) is 34.4 Å². The summed E-state index contributed by atoms with van der Waals surface area (Å²) in [6.07, 6.45) is 0. The smallest absolute Gasteiger partial charge is 0.355 e.